The molecule has 1 aliphatic rings. The van der Waals surface area contributed by atoms with Crippen molar-refractivity contribution < 1.29 is 14.6 Å². The second-order valence-corrected chi connectivity index (χ2v) is 10.3. The highest BCUT2D eigenvalue weighted by molar-refractivity contribution is 8.15. The first-order valence-corrected chi connectivity index (χ1v) is 11.6. The molecule has 1 atom stereocenters. The number of aryl methyl sites for hydroxylation is 1. The van der Waals surface area contributed by atoms with Gasteiger partial charge in [0.25, 0.3) is 0 Å². The van der Waals surface area contributed by atoms with Crippen molar-refractivity contribution in [2.45, 2.75) is 58.0 Å². The monoisotopic (exact) mass is 438 g/mol. The Morgan fingerprint density at radius 3 is 2.58 bits per heavy atom. The van der Waals surface area contributed by atoms with Gasteiger partial charge in [-0.25, -0.2) is 0 Å². The van der Waals surface area contributed by atoms with Crippen LogP contribution in [0.25, 0.3) is 10.9 Å². The predicted molar refractivity (Wildman–Crippen MR) is 129 cm³/mol. The summed E-state index contributed by atoms with van der Waals surface area (Å²) in [6, 6.07) is 14.1. The molecule has 0 aliphatic carbocycles. The number of thioether (sulfide) groups is 1. The number of hydrogen-bond donors (Lipinski definition) is 2. The third kappa shape index (κ3) is 5.43. The number of ether oxygens (including phenoxy) is 2. The van der Waals surface area contributed by atoms with Gasteiger partial charge in [0.05, 0.1) is 29.5 Å². The van der Waals surface area contributed by atoms with E-state index >= 15 is 0 Å². The molecule has 2 aromatic carbocycles. The van der Waals surface area contributed by atoms with E-state index in [-0.39, 0.29) is 11.4 Å². The molecule has 2 heterocycles. The van der Waals surface area contributed by atoms with E-state index in [1.54, 1.807) is 11.8 Å². The van der Waals surface area contributed by atoms with Gasteiger partial charge in [-0.2, -0.15) is 0 Å². The molecule has 0 bridgehead atoms. The van der Waals surface area contributed by atoms with Crippen molar-refractivity contribution in [1.29, 1.82) is 0 Å². The Hall–Kier alpha value is -2.44. The Kier molecular flexibility index (Phi) is 6.04. The third-order valence-corrected chi connectivity index (χ3v) is 6.18. The lowest BCUT2D eigenvalue weighted by molar-refractivity contribution is 0.0714. The molecule has 1 unspecified atom stereocenters. The van der Waals surface area contributed by atoms with E-state index in [0.29, 0.717) is 6.42 Å². The molecule has 2 N–H and O–H groups in total. The van der Waals surface area contributed by atoms with Gasteiger partial charge in [-0.15, -0.1) is 0 Å². The minimum Gasteiger partial charge on any atom is -0.489 e. The van der Waals surface area contributed by atoms with Crippen molar-refractivity contribution >= 4 is 27.7 Å². The normalized spacial score (nSPS) is 16.7. The molecule has 0 amide bonds. The Bertz CT molecular complexity index is 1090. The van der Waals surface area contributed by atoms with Crippen molar-refractivity contribution in [3.63, 3.8) is 0 Å². The number of nitrogens with zero attached hydrogens (tertiary/aromatic N) is 1. The lowest BCUT2D eigenvalue weighted by Gasteiger charge is -2.20. The molecule has 1 aromatic heterocycles. The Morgan fingerprint density at radius 1 is 1.16 bits per heavy atom. The number of aliphatic imine (C=N–C) groups is 1. The molecule has 4 rings (SSSR count). The fourth-order valence-electron chi connectivity index (χ4n) is 3.68. The quantitative estimate of drug-likeness (QED) is 0.469. The van der Waals surface area contributed by atoms with Gasteiger partial charge in [0, 0.05) is 16.7 Å². The smallest absolute Gasteiger partial charge is 0.147 e. The van der Waals surface area contributed by atoms with Crippen LogP contribution in [0.1, 0.15) is 45.4 Å². The van der Waals surface area contributed by atoms with Crippen LogP contribution >= 0.6 is 11.8 Å². The number of rotatable bonds is 7. The van der Waals surface area contributed by atoms with E-state index in [0.717, 1.165) is 45.4 Å². The molecule has 0 spiro atoms. The summed E-state index contributed by atoms with van der Waals surface area (Å²) in [4.78, 5) is 8.22. The molecule has 164 valence electrons. The summed E-state index contributed by atoms with van der Waals surface area (Å²) in [5, 5.41) is 12.4. The van der Waals surface area contributed by atoms with Gasteiger partial charge < -0.3 is 19.6 Å². The van der Waals surface area contributed by atoms with E-state index in [1.165, 1.54) is 5.56 Å². The third-order valence-electron chi connectivity index (χ3n) is 4.96. The first-order valence-electron chi connectivity index (χ1n) is 10.7. The number of H-pyrrole nitrogens is 1. The number of benzene rings is 2. The summed E-state index contributed by atoms with van der Waals surface area (Å²) in [5.41, 5.74) is 2.41. The summed E-state index contributed by atoms with van der Waals surface area (Å²) < 4.78 is 12.2. The summed E-state index contributed by atoms with van der Waals surface area (Å²) in [6.07, 6.45) is 0.750. The van der Waals surface area contributed by atoms with Crippen LogP contribution in [0.15, 0.2) is 47.5 Å². The van der Waals surface area contributed by atoms with E-state index < -0.39 is 5.60 Å². The van der Waals surface area contributed by atoms with Gasteiger partial charge in [-0.1, -0.05) is 29.5 Å². The molecule has 1 aliphatic heterocycles. The summed E-state index contributed by atoms with van der Waals surface area (Å²) in [7, 11) is 0. The summed E-state index contributed by atoms with van der Waals surface area (Å²) >= 11 is 1.72. The second-order valence-electron chi connectivity index (χ2n) is 9.05. The van der Waals surface area contributed by atoms with Crippen molar-refractivity contribution in [3.8, 4) is 17.2 Å². The van der Waals surface area contributed by atoms with Gasteiger partial charge in [-0.05, 0) is 65.3 Å². The topological polar surface area (TPSA) is 66.8 Å². The van der Waals surface area contributed by atoms with Crippen LogP contribution in [0.3, 0.4) is 0 Å². The van der Waals surface area contributed by atoms with Crippen molar-refractivity contribution in [1.82, 2.24) is 4.98 Å². The number of aliphatic hydroxyl groups is 1. The first-order chi connectivity index (χ1) is 14.7. The van der Waals surface area contributed by atoms with Crippen LogP contribution < -0.4 is 9.47 Å². The molecule has 0 saturated heterocycles. The van der Waals surface area contributed by atoms with Crippen LogP contribution in [-0.4, -0.2) is 38.6 Å². The lowest BCUT2D eigenvalue weighted by Crippen LogP contribution is -2.25. The van der Waals surface area contributed by atoms with Gasteiger partial charge in [-0.3, -0.25) is 4.99 Å². The molecular weight excluding hydrogens is 408 g/mol. The second kappa shape index (κ2) is 8.60. The zero-order chi connectivity index (χ0) is 22.2. The van der Waals surface area contributed by atoms with Crippen LogP contribution in [0.5, 0.6) is 17.2 Å². The minimum absolute atomic E-state index is 0.0407. The molecule has 0 fully saturated rings. The maximum atomic E-state index is 10.1. The predicted octanol–water partition coefficient (Wildman–Crippen LogP) is 6.08. The Morgan fingerprint density at radius 2 is 1.90 bits per heavy atom. The zero-order valence-corrected chi connectivity index (χ0v) is 19.5. The fraction of sp³-hybridized carbons (Fsp3) is 0.400. The van der Waals surface area contributed by atoms with Gasteiger partial charge in [0.15, 0.2) is 0 Å². The minimum atomic E-state index is -0.691. The van der Waals surface area contributed by atoms with Crippen molar-refractivity contribution in [3.05, 3.63) is 53.7 Å². The van der Waals surface area contributed by atoms with E-state index in [1.807, 2.05) is 64.1 Å². The number of aromatic nitrogens is 1. The van der Waals surface area contributed by atoms with E-state index in [9.17, 15) is 5.11 Å². The molecule has 0 saturated carbocycles. The highest BCUT2D eigenvalue weighted by atomic mass is 32.2. The number of hydrogen-bond acceptors (Lipinski definition) is 5. The molecule has 6 heteroatoms. The summed E-state index contributed by atoms with van der Waals surface area (Å²) in [5.74, 6) is 2.29. The average molecular weight is 439 g/mol. The number of fused-ring (bicyclic) bond motifs is 1. The maximum Gasteiger partial charge on any atom is 0.147 e. The molecule has 31 heavy (non-hydrogen) atoms. The molecule has 5 nitrogen and oxygen atoms in total. The Labute approximate surface area is 187 Å². The molecular formula is C25H30N2O3S. The van der Waals surface area contributed by atoms with Gasteiger partial charge in [0.1, 0.15) is 22.3 Å². The van der Waals surface area contributed by atoms with E-state index in [4.69, 9.17) is 14.5 Å². The van der Waals surface area contributed by atoms with Crippen molar-refractivity contribution in [2.75, 3.05) is 6.54 Å². The molecule has 0 radical (unpaired) electrons. The largest absolute Gasteiger partial charge is 0.489 e. The average Bonchev–Trinajstić information content (AvgIpc) is 3.28. The lowest BCUT2D eigenvalue weighted by atomic mass is 10.0. The highest BCUT2D eigenvalue weighted by Gasteiger charge is 2.27. The zero-order valence-electron chi connectivity index (χ0n) is 18.7. The van der Waals surface area contributed by atoms with Crippen LogP contribution in [0.4, 0.5) is 0 Å². The number of aromatic amines is 1. The Balaban J connectivity index is 1.63. The summed E-state index contributed by atoms with van der Waals surface area (Å²) in [6.45, 7) is 10.5. The van der Waals surface area contributed by atoms with Crippen molar-refractivity contribution in [2.24, 2.45) is 4.99 Å². The SMILES string of the molecule is Cc1ccc(Oc2cc(OC(C)C)c3[nH]c(C4=NCC(CC(C)(C)O)S4)cc3c2)cc1. The van der Waals surface area contributed by atoms with E-state index in [2.05, 4.69) is 18.0 Å². The fourth-order valence-corrected chi connectivity index (χ4v) is 5.02. The maximum absolute atomic E-state index is 10.1. The first kappa shape index (κ1) is 21.8. The van der Waals surface area contributed by atoms with Crippen LogP contribution in [0, 0.1) is 6.92 Å². The van der Waals surface area contributed by atoms with Crippen LogP contribution in [0.2, 0.25) is 0 Å². The van der Waals surface area contributed by atoms with Gasteiger partial charge in [0.2, 0.25) is 0 Å². The number of nitrogens with one attached hydrogen (secondary N) is 1. The molecule has 3 aromatic rings. The van der Waals surface area contributed by atoms with Crippen LogP contribution in [-0.2, 0) is 0 Å². The standard InChI is InChI=1S/C25H30N2O3S/c1-15(2)29-22-12-19(30-18-8-6-16(3)7-9-18)10-17-11-21(27-23(17)22)24-26-14-20(31-24)13-25(4,5)28/h6-12,15,20,27-28H,13-14H2,1-5H3. The van der Waals surface area contributed by atoms with Gasteiger partial charge >= 0.3 is 0 Å². The highest BCUT2D eigenvalue weighted by Crippen LogP contribution is 2.37.